The van der Waals surface area contributed by atoms with Crippen LogP contribution >= 0.6 is 11.3 Å². The van der Waals surface area contributed by atoms with Gasteiger partial charge in [0.05, 0.1) is 11.4 Å². The molecule has 5 nitrogen and oxygen atoms in total. The SMILES string of the molecule is Cc1ncc2n1CCC(C(=O)Nc1ccccc1N1CCc3sccc3C1)C2. The van der Waals surface area contributed by atoms with E-state index in [0.717, 1.165) is 56.1 Å². The Hall–Kier alpha value is -2.60. The van der Waals surface area contributed by atoms with Crippen LogP contribution in [-0.4, -0.2) is 22.0 Å². The number of benzene rings is 1. The highest BCUT2D eigenvalue weighted by molar-refractivity contribution is 7.10. The van der Waals surface area contributed by atoms with Crippen molar-refractivity contribution >= 4 is 28.6 Å². The Labute approximate surface area is 169 Å². The summed E-state index contributed by atoms with van der Waals surface area (Å²) in [6.07, 6.45) is 4.60. The molecular formula is C22H24N4OS. The first-order chi connectivity index (χ1) is 13.7. The van der Waals surface area contributed by atoms with Gasteiger partial charge in [0.1, 0.15) is 5.82 Å². The Morgan fingerprint density at radius 2 is 2.14 bits per heavy atom. The summed E-state index contributed by atoms with van der Waals surface area (Å²) in [5.41, 5.74) is 4.61. The first-order valence-corrected chi connectivity index (χ1v) is 10.8. The quantitative estimate of drug-likeness (QED) is 0.732. The number of rotatable bonds is 3. The predicted octanol–water partition coefficient (Wildman–Crippen LogP) is 4.02. The topological polar surface area (TPSA) is 50.2 Å². The highest BCUT2D eigenvalue weighted by Crippen LogP contribution is 2.33. The first kappa shape index (κ1) is 17.5. The van der Waals surface area contributed by atoms with Gasteiger partial charge in [-0.2, -0.15) is 0 Å². The van der Waals surface area contributed by atoms with E-state index in [9.17, 15) is 4.79 Å². The van der Waals surface area contributed by atoms with Gasteiger partial charge in [0.15, 0.2) is 0 Å². The minimum Gasteiger partial charge on any atom is -0.365 e. The minimum atomic E-state index is 0.00138. The molecule has 0 bridgehead atoms. The van der Waals surface area contributed by atoms with Gasteiger partial charge in [-0.15, -0.1) is 11.3 Å². The summed E-state index contributed by atoms with van der Waals surface area (Å²) in [6.45, 7) is 4.79. The van der Waals surface area contributed by atoms with Crippen molar-refractivity contribution in [3.8, 4) is 0 Å². The van der Waals surface area contributed by atoms with Crippen LogP contribution in [0.4, 0.5) is 11.4 Å². The number of para-hydroxylation sites is 2. The highest BCUT2D eigenvalue weighted by Gasteiger charge is 2.27. The monoisotopic (exact) mass is 392 g/mol. The van der Waals surface area contributed by atoms with Crippen molar-refractivity contribution in [1.82, 2.24) is 9.55 Å². The zero-order valence-electron chi connectivity index (χ0n) is 16.0. The Balaban J connectivity index is 1.33. The fourth-order valence-corrected chi connectivity index (χ4v) is 5.28. The third-order valence-corrected chi connectivity index (χ3v) is 7.00. The van der Waals surface area contributed by atoms with Gasteiger partial charge < -0.3 is 14.8 Å². The lowest BCUT2D eigenvalue weighted by atomic mass is 9.95. The highest BCUT2D eigenvalue weighted by atomic mass is 32.1. The maximum atomic E-state index is 13.0. The number of aryl methyl sites for hydroxylation is 1. The summed E-state index contributed by atoms with van der Waals surface area (Å²) in [7, 11) is 0. The van der Waals surface area contributed by atoms with Gasteiger partial charge in [-0.1, -0.05) is 12.1 Å². The van der Waals surface area contributed by atoms with Gasteiger partial charge in [0.25, 0.3) is 0 Å². The summed E-state index contributed by atoms with van der Waals surface area (Å²) < 4.78 is 2.23. The van der Waals surface area contributed by atoms with Crippen LogP contribution in [0, 0.1) is 12.8 Å². The summed E-state index contributed by atoms with van der Waals surface area (Å²) in [6, 6.07) is 10.4. The Morgan fingerprint density at radius 1 is 1.25 bits per heavy atom. The minimum absolute atomic E-state index is 0.00138. The Kier molecular flexibility index (Phi) is 4.43. The second-order valence-corrected chi connectivity index (χ2v) is 8.69. The molecule has 2 aliphatic rings. The standard InChI is InChI=1S/C22H24N4OS/c1-15-23-13-18-12-16(6-10-26(15)18)22(27)24-19-4-2-3-5-20(19)25-9-7-21-17(14-25)8-11-28-21/h2-5,8,11,13,16H,6-7,9-10,12,14H2,1H3,(H,24,27). The number of thiophene rings is 1. The zero-order valence-corrected chi connectivity index (χ0v) is 16.8. The Bertz CT molecular complexity index is 1020. The average molecular weight is 393 g/mol. The number of nitrogens with zero attached hydrogens (tertiary/aromatic N) is 3. The number of amides is 1. The third-order valence-electron chi connectivity index (χ3n) is 5.98. The number of imidazole rings is 1. The van der Waals surface area contributed by atoms with Crippen molar-refractivity contribution in [2.45, 2.75) is 39.3 Å². The summed E-state index contributed by atoms with van der Waals surface area (Å²) >= 11 is 1.85. The molecule has 144 valence electrons. The second-order valence-electron chi connectivity index (χ2n) is 7.69. The van der Waals surface area contributed by atoms with Gasteiger partial charge in [0, 0.05) is 48.7 Å². The number of nitrogens with one attached hydrogen (secondary N) is 1. The van der Waals surface area contributed by atoms with E-state index in [-0.39, 0.29) is 11.8 Å². The van der Waals surface area contributed by atoms with Crippen molar-refractivity contribution in [2.75, 3.05) is 16.8 Å². The van der Waals surface area contributed by atoms with Crippen LogP contribution in [0.15, 0.2) is 41.9 Å². The average Bonchev–Trinajstić information content (AvgIpc) is 3.34. The van der Waals surface area contributed by atoms with E-state index in [1.54, 1.807) is 0 Å². The maximum absolute atomic E-state index is 13.0. The molecule has 0 radical (unpaired) electrons. The molecule has 0 saturated carbocycles. The molecule has 1 atom stereocenters. The number of aromatic nitrogens is 2. The molecule has 28 heavy (non-hydrogen) atoms. The summed E-state index contributed by atoms with van der Waals surface area (Å²) in [5, 5.41) is 5.40. The zero-order chi connectivity index (χ0) is 19.1. The van der Waals surface area contributed by atoms with Crippen molar-refractivity contribution < 1.29 is 4.79 Å². The van der Waals surface area contributed by atoms with Gasteiger partial charge in [-0.25, -0.2) is 4.98 Å². The molecule has 1 N–H and O–H groups in total. The molecular weight excluding hydrogens is 368 g/mol. The molecule has 0 fully saturated rings. The molecule has 1 unspecified atom stereocenters. The fraction of sp³-hybridized carbons (Fsp3) is 0.364. The Morgan fingerprint density at radius 3 is 3.07 bits per heavy atom. The normalized spacial score (nSPS) is 18.5. The summed E-state index contributed by atoms with van der Waals surface area (Å²) in [4.78, 5) is 21.3. The van der Waals surface area contributed by atoms with Crippen molar-refractivity contribution in [2.24, 2.45) is 5.92 Å². The molecule has 0 spiro atoms. The lowest BCUT2D eigenvalue weighted by Crippen LogP contribution is -2.33. The van der Waals surface area contributed by atoms with Crippen LogP contribution in [0.3, 0.4) is 0 Å². The number of fused-ring (bicyclic) bond motifs is 2. The predicted molar refractivity (Wildman–Crippen MR) is 113 cm³/mol. The number of hydrogen-bond donors (Lipinski definition) is 1. The molecule has 4 heterocycles. The van der Waals surface area contributed by atoms with Crippen LogP contribution in [0.5, 0.6) is 0 Å². The van der Waals surface area contributed by atoms with Crippen molar-refractivity contribution in [1.29, 1.82) is 0 Å². The van der Waals surface area contributed by atoms with Crippen LogP contribution in [0.25, 0.3) is 0 Å². The lowest BCUT2D eigenvalue weighted by Gasteiger charge is -2.31. The molecule has 0 saturated heterocycles. The van der Waals surface area contributed by atoms with Crippen molar-refractivity contribution in [3.05, 3.63) is 63.9 Å². The molecule has 3 aromatic rings. The first-order valence-electron chi connectivity index (χ1n) is 9.90. The van der Waals surface area contributed by atoms with E-state index >= 15 is 0 Å². The van der Waals surface area contributed by atoms with Crippen LogP contribution in [-0.2, 0) is 30.7 Å². The van der Waals surface area contributed by atoms with E-state index in [1.165, 1.54) is 16.1 Å². The van der Waals surface area contributed by atoms with Crippen molar-refractivity contribution in [3.63, 3.8) is 0 Å². The molecule has 6 heteroatoms. The third kappa shape index (κ3) is 3.11. The van der Waals surface area contributed by atoms with Gasteiger partial charge in [0.2, 0.25) is 5.91 Å². The molecule has 5 rings (SSSR count). The molecule has 2 aromatic heterocycles. The number of hydrogen-bond acceptors (Lipinski definition) is 4. The van der Waals surface area contributed by atoms with Crippen LogP contribution < -0.4 is 10.2 Å². The fourth-order valence-electron chi connectivity index (χ4n) is 4.39. The van der Waals surface area contributed by atoms with Gasteiger partial charge in [-0.3, -0.25) is 4.79 Å². The smallest absolute Gasteiger partial charge is 0.228 e. The number of anilines is 2. The van der Waals surface area contributed by atoms with E-state index in [1.807, 2.05) is 36.6 Å². The number of carbonyl (C=O) groups excluding carboxylic acids is 1. The van der Waals surface area contributed by atoms with Crippen LogP contribution in [0.1, 0.15) is 28.4 Å². The molecule has 1 aromatic carbocycles. The van der Waals surface area contributed by atoms with Crippen LogP contribution in [0.2, 0.25) is 0 Å². The second kappa shape index (κ2) is 7.09. The maximum Gasteiger partial charge on any atom is 0.228 e. The largest absolute Gasteiger partial charge is 0.365 e. The van der Waals surface area contributed by atoms with E-state index in [2.05, 4.69) is 43.3 Å². The molecule has 2 aliphatic heterocycles. The molecule has 1 amide bonds. The lowest BCUT2D eigenvalue weighted by molar-refractivity contribution is -0.120. The van der Waals surface area contributed by atoms with Gasteiger partial charge >= 0.3 is 0 Å². The van der Waals surface area contributed by atoms with E-state index in [0.29, 0.717) is 0 Å². The summed E-state index contributed by atoms with van der Waals surface area (Å²) in [5.74, 6) is 1.16. The van der Waals surface area contributed by atoms with Gasteiger partial charge in [-0.05, 0) is 48.9 Å². The van der Waals surface area contributed by atoms with E-state index in [4.69, 9.17) is 0 Å². The molecule has 0 aliphatic carbocycles. The number of carbonyl (C=O) groups is 1. The van der Waals surface area contributed by atoms with E-state index < -0.39 is 0 Å².